The molecular weight excluding hydrogens is 196 g/mol. The van der Waals surface area contributed by atoms with Gasteiger partial charge in [-0.15, -0.1) is 11.3 Å². The number of hydrogen-bond acceptors (Lipinski definition) is 5. The Hall–Kier alpha value is -1.49. The van der Waals surface area contributed by atoms with Gasteiger partial charge in [0.05, 0.1) is 17.7 Å². The van der Waals surface area contributed by atoms with E-state index < -0.39 is 0 Å². The molecule has 0 spiro atoms. The lowest BCUT2D eigenvalue weighted by Gasteiger charge is -2.01. The highest BCUT2D eigenvalue weighted by atomic mass is 32.1. The third-order valence-corrected chi connectivity index (χ3v) is 2.33. The zero-order valence-electron chi connectivity index (χ0n) is 7.77. The molecule has 2 aromatic rings. The first kappa shape index (κ1) is 9.08. The van der Waals surface area contributed by atoms with E-state index in [0.717, 1.165) is 11.3 Å². The van der Waals surface area contributed by atoms with Gasteiger partial charge in [-0.1, -0.05) is 0 Å². The van der Waals surface area contributed by atoms with Crippen molar-refractivity contribution in [1.29, 1.82) is 0 Å². The fourth-order valence-corrected chi connectivity index (χ4v) is 1.54. The maximum absolute atomic E-state index is 4.15. The Morgan fingerprint density at radius 2 is 2.07 bits per heavy atom. The zero-order chi connectivity index (χ0) is 9.80. The number of aromatic nitrogens is 3. The Labute approximate surface area is 86.1 Å². The van der Waals surface area contributed by atoms with Crippen molar-refractivity contribution in [3.8, 4) is 0 Å². The number of aryl methyl sites for hydroxylation is 1. The Morgan fingerprint density at radius 3 is 2.71 bits per heavy atom. The van der Waals surface area contributed by atoms with Crippen LogP contribution in [0.15, 0.2) is 23.3 Å². The van der Waals surface area contributed by atoms with Gasteiger partial charge < -0.3 is 5.32 Å². The molecule has 4 nitrogen and oxygen atoms in total. The number of anilines is 1. The second-order valence-corrected chi connectivity index (χ2v) is 3.64. The van der Waals surface area contributed by atoms with Crippen molar-refractivity contribution >= 4 is 17.3 Å². The van der Waals surface area contributed by atoms with Gasteiger partial charge in [0.1, 0.15) is 0 Å². The number of nitrogens with one attached hydrogen (secondary N) is 1. The first-order chi connectivity index (χ1) is 6.84. The summed E-state index contributed by atoms with van der Waals surface area (Å²) in [6.45, 7) is 2.64. The maximum Gasteiger partial charge on any atom is 0.222 e. The van der Waals surface area contributed by atoms with Gasteiger partial charge >= 0.3 is 0 Å². The van der Waals surface area contributed by atoms with Crippen LogP contribution in [0.1, 0.15) is 11.3 Å². The lowest BCUT2D eigenvalue weighted by atomic mass is 10.4. The van der Waals surface area contributed by atoms with Gasteiger partial charge in [-0.25, -0.2) is 15.0 Å². The summed E-state index contributed by atoms with van der Waals surface area (Å²) < 4.78 is 0. The van der Waals surface area contributed by atoms with Crippen molar-refractivity contribution < 1.29 is 0 Å². The van der Waals surface area contributed by atoms with Crippen molar-refractivity contribution in [2.75, 3.05) is 5.32 Å². The summed E-state index contributed by atoms with van der Waals surface area (Å²) in [7, 11) is 0. The zero-order valence-corrected chi connectivity index (χ0v) is 8.58. The number of thiazole rings is 1. The molecule has 5 heteroatoms. The summed E-state index contributed by atoms with van der Waals surface area (Å²) >= 11 is 1.59. The van der Waals surface area contributed by atoms with Crippen molar-refractivity contribution in [2.24, 2.45) is 0 Å². The molecule has 0 atom stereocenters. The summed E-state index contributed by atoms with van der Waals surface area (Å²) in [6.07, 6.45) is 3.58. The van der Waals surface area contributed by atoms with E-state index in [9.17, 15) is 0 Å². The highest BCUT2D eigenvalue weighted by molar-refractivity contribution is 7.07. The Bertz CT molecular complexity index is 382. The van der Waals surface area contributed by atoms with Crippen molar-refractivity contribution in [1.82, 2.24) is 15.0 Å². The van der Waals surface area contributed by atoms with Crippen molar-refractivity contribution in [3.63, 3.8) is 0 Å². The fourth-order valence-electron chi connectivity index (χ4n) is 0.978. The van der Waals surface area contributed by atoms with E-state index in [4.69, 9.17) is 0 Å². The van der Waals surface area contributed by atoms with E-state index >= 15 is 0 Å². The van der Waals surface area contributed by atoms with E-state index in [1.54, 1.807) is 23.7 Å². The van der Waals surface area contributed by atoms with Crippen molar-refractivity contribution in [3.05, 3.63) is 34.5 Å². The van der Waals surface area contributed by atoms with Gasteiger partial charge in [0.25, 0.3) is 0 Å². The van der Waals surface area contributed by atoms with Crippen LogP contribution in [0.25, 0.3) is 0 Å². The maximum atomic E-state index is 4.15. The topological polar surface area (TPSA) is 50.7 Å². The lowest BCUT2D eigenvalue weighted by molar-refractivity contribution is 1.01. The van der Waals surface area contributed by atoms with Gasteiger partial charge in [-0.2, -0.15) is 0 Å². The molecule has 2 aromatic heterocycles. The van der Waals surface area contributed by atoms with Crippen LogP contribution in [0.4, 0.5) is 5.95 Å². The molecule has 0 aromatic carbocycles. The summed E-state index contributed by atoms with van der Waals surface area (Å²) in [5.41, 5.74) is 3.89. The second kappa shape index (κ2) is 4.15. The molecule has 0 aliphatic rings. The third kappa shape index (κ3) is 2.26. The summed E-state index contributed by atoms with van der Waals surface area (Å²) in [6, 6.07) is 0. The average Bonchev–Trinajstić information content (AvgIpc) is 2.70. The first-order valence-electron chi connectivity index (χ1n) is 4.24. The Balaban J connectivity index is 1.95. The monoisotopic (exact) mass is 206 g/mol. The molecule has 2 rings (SSSR count). The van der Waals surface area contributed by atoms with Crippen LogP contribution in [0.2, 0.25) is 0 Å². The Kier molecular flexibility index (Phi) is 2.69. The second-order valence-electron chi connectivity index (χ2n) is 2.92. The molecule has 0 radical (unpaired) electrons. The summed E-state index contributed by atoms with van der Waals surface area (Å²) in [4.78, 5) is 12.4. The SMILES string of the molecule is Cc1cnc(NCc2cscn2)nc1. The normalized spacial score (nSPS) is 10.1. The third-order valence-electron chi connectivity index (χ3n) is 1.69. The molecule has 0 saturated heterocycles. The number of nitrogens with zero attached hydrogens (tertiary/aromatic N) is 3. The predicted molar refractivity (Wildman–Crippen MR) is 56.2 cm³/mol. The van der Waals surface area contributed by atoms with E-state index in [-0.39, 0.29) is 0 Å². The van der Waals surface area contributed by atoms with Crippen LogP contribution in [0.5, 0.6) is 0 Å². The minimum absolute atomic E-state index is 0.642. The number of hydrogen-bond donors (Lipinski definition) is 1. The van der Waals surface area contributed by atoms with E-state index in [2.05, 4.69) is 20.3 Å². The van der Waals surface area contributed by atoms with Gasteiger partial charge in [0.15, 0.2) is 0 Å². The van der Waals surface area contributed by atoms with Gasteiger partial charge in [-0.05, 0) is 12.5 Å². The minimum Gasteiger partial charge on any atom is -0.349 e. The van der Waals surface area contributed by atoms with Crippen LogP contribution in [0.3, 0.4) is 0 Å². The molecule has 1 N–H and O–H groups in total. The van der Waals surface area contributed by atoms with Gasteiger partial charge in [-0.3, -0.25) is 0 Å². The molecule has 0 aliphatic carbocycles. The molecule has 72 valence electrons. The van der Waals surface area contributed by atoms with Gasteiger partial charge in [0, 0.05) is 17.8 Å². The van der Waals surface area contributed by atoms with Crippen LogP contribution in [-0.2, 0) is 6.54 Å². The fraction of sp³-hybridized carbons (Fsp3) is 0.222. The molecule has 0 fully saturated rings. The Morgan fingerprint density at radius 1 is 1.29 bits per heavy atom. The standard InChI is InChI=1S/C9H10N4S/c1-7-2-10-9(11-3-7)12-4-8-5-14-6-13-8/h2-3,5-6H,4H2,1H3,(H,10,11,12). The first-order valence-corrected chi connectivity index (χ1v) is 5.18. The van der Waals surface area contributed by atoms with E-state index in [1.165, 1.54) is 0 Å². The predicted octanol–water partition coefficient (Wildman–Crippen LogP) is 1.85. The van der Waals surface area contributed by atoms with E-state index in [0.29, 0.717) is 12.5 Å². The molecule has 0 aliphatic heterocycles. The average molecular weight is 206 g/mol. The molecule has 0 unspecified atom stereocenters. The highest BCUT2D eigenvalue weighted by Crippen LogP contribution is 2.04. The minimum atomic E-state index is 0.642. The quantitative estimate of drug-likeness (QED) is 0.832. The molecule has 0 saturated carbocycles. The highest BCUT2D eigenvalue weighted by Gasteiger charge is 1.96. The van der Waals surface area contributed by atoms with Crippen LogP contribution in [-0.4, -0.2) is 15.0 Å². The smallest absolute Gasteiger partial charge is 0.222 e. The summed E-state index contributed by atoms with van der Waals surface area (Å²) in [5.74, 6) is 0.642. The van der Waals surface area contributed by atoms with Crippen LogP contribution in [0, 0.1) is 6.92 Å². The number of rotatable bonds is 3. The molecule has 0 amide bonds. The van der Waals surface area contributed by atoms with Crippen LogP contribution < -0.4 is 5.32 Å². The molecular formula is C9H10N4S. The van der Waals surface area contributed by atoms with Crippen molar-refractivity contribution in [2.45, 2.75) is 13.5 Å². The summed E-state index contributed by atoms with van der Waals surface area (Å²) in [5, 5.41) is 5.10. The molecule has 2 heterocycles. The largest absolute Gasteiger partial charge is 0.349 e. The van der Waals surface area contributed by atoms with Gasteiger partial charge in [0.2, 0.25) is 5.95 Å². The van der Waals surface area contributed by atoms with Crippen LogP contribution >= 0.6 is 11.3 Å². The van der Waals surface area contributed by atoms with E-state index in [1.807, 2.05) is 17.8 Å². The molecule has 14 heavy (non-hydrogen) atoms. The lowest BCUT2D eigenvalue weighted by Crippen LogP contribution is -2.03. The molecule has 0 bridgehead atoms.